The van der Waals surface area contributed by atoms with Crippen LogP contribution in [0.3, 0.4) is 0 Å². The number of carbonyl (C=O) groups excluding carboxylic acids is 1. The van der Waals surface area contributed by atoms with Crippen LogP contribution in [0.2, 0.25) is 0 Å². The van der Waals surface area contributed by atoms with Crippen molar-refractivity contribution in [1.82, 2.24) is 4.98 Å². The van der Waals surface area contributed by atoms with E-state index in [1.807, 2.05) is 0 Å². The Balaban J connectivity index is 2.91. The summed E-state index contributed by atoms with van der Waals surface area (Å²) in [6.07, 6.45) is 4.59. The highest BCUT2D eigenvalue weighted by Crippen LogP contribution is 2.12. The number of aromatic nitrogens is 1. The number of hydrogen-bond acceptors (Lipinski definition) is 4. The monoisotopic (exact) mass is 221 g/mol. The molecule has 1 rings (SSSR count). The van der Waals surface area contributed by atoms with Crippen LogP contribution >= 0.6 is 0 Å². The second-order valence-corrected chi connectivity index (χ2v) is 3.08. The molecule has 6 nitrogen and oxygen atoms in total. The van der Waals surface area contributed by atoms with Gasteiger partial charge in [0.1, 0.15) is 11.4 Å². The van der Waals surface area contributed by atoms with Crippen LogP contribution in [-0.4, -0.2) is 22.0 Å². The third-order valence-corrected chi connectivity index (χ3v) is 1.80. The summed E-state index contributed by atoms with van der Waals surface area (Å²) < 4.78 is 0. The van der Waals surface area contributed by atoms with Gasteiger partial charge in [0.15, 0.2) is 0 Å². The Morgan fingerprint density at radius 1 is 1.50 bits per heavy atom. The molecule has 1 aromatic heterocycles. The van der Waals surface area contributed by atoms with Gasteiger partial charge in [-0.3, -0.25) is 4.79 Å². The SMILES string of the molecule is NC(=O)CC=Cc1cnc(N)c(C(=O)O)c1. The number of nitrogens with two attached hydrogens (primary N) is 2. The molecule has 0 fully saturated rings. The fourth-order valence-electron chi connectivity index (χ4n) is 1.07. The molecule has 0 saturated heterocycles. The topological polar surface area (TPSA) is 119 Å². The number of carboxylic acid groups (broad SMARTS) is 1. The standard InChI is InChI=1S/C10H11N3O3/c11-8(14)3-1-2-6-4-7(10(15)16)9(12)13-5-6/h1-2,4-5H,3H2,(H2,11,14)(H2,12,13)(H,15,16). The molecule has 1 heterocycles. The summed E-state index contributed by atoms with van der Waals surface area (Å²) in [6, 6.07) is 1.38. The summed E-state index contributed by atoms with van der Waals surface area (Å²) in [6.45, 7) is 0. The van der Waals surface area contributed by atoms with E-state index in [9.17, 15) is 9.59 Å². The van der Waals surface area contributed by atoms with E-state index >= 15 is 0 Å². The van der Waals surface area contributed by atoms with Crippen LogP contribution in [0.1, 0.15) is 22.3 Å². The molecule has 84 valence electrons. The van der Waals surface area contributed by atoms with Crippen LogP contribution in [0, 0.1) is 0 Å². The average molecular weight is 221 g/mol. The summed E-state index contributed by atoms with van der Waals surface area (Å²) in [4.78, 5) is 24.9. The van der Waals surface area contributed by atoms with Gasteiger partial charge in [0.2, 0.25) is 5.91 Å². The van der Waals surface area contributed by atoms with Crippen LogP contribution < -0.4 is 11.5 Å². The zero-order chi connectivity index (χ0) is 12.1. The van der Waals surface area contributed by atoms with Crippen molar-refractivity contribution in [3.63, 3.8) is 0 Å². The molecule has 0 radical (unpaired) electrons. The molecule has 0 saturated carbocycles. The van der Waals surface area contributed by atoms with Gasteiger partial charge in [0, 0.05) is 12.6 Å². The Morgan fingerprint density at radius 2 is 2.19 bits per heavy atom. The van der Waals surface area contributed by atoms with E-state index in [1.165, 1.54) is 18.3 Å². The Labute approximate surface area is 91.6 Å². The molecular weight excluding hydrogens is 210 g/mol. The molecule has 0 spiro atoms. The fourth-order valence-corrected chi connectivity index (χ4v) is 1.07. The zero-order valence-corrected chi connectivity index (χ0v) is 8.38. The molecule has 1 aromatic rings. The Kier molecular flexibility index (Phi) is 3.60. The van der Waals surface area contributed by atoms with Gasteiger partial charge in [-0.25, -0.2) is 9.78 Å². The van der Waals surface area contributed by atoms with E-state index in [2.05, 4.69) is 4.98 Å². The van der Waals surface area contributed by atoms with Crippen LogP contribution in [0.5, 0.6) is 0 Å². The number of aromatic carboxylic acids is 1. The molecule has 0 atom stereocenters. The van der Waals surface area contributed by atoms with Crippen molar-refractivity contribution in [2.75, 3.05) is 5.73 Å². The quantitative estimate of drug-likeness (QED) is 0.673. The zero-order valence-electron chi connectivity index (χ0n) is 8.38. The smallest absolute Gasteiger partial charge is 0.339 e. The molecule has 6 heteroatoms. The lowest BCUT2D eigenvalue weighted by Crippen LogP contribution is -2.08. The number of carbonyl (C=O) groups is 2. The van der Waals surface area contributed by atoms with Gasteiger partial charge in [-0.05, 0) is 11.6 Å². The second kappa shape index (κ2) is 4.92. The number of primary amides is 1. The number of nitrogen functional groups attached to an aromatic ring is 1. The van der Waals surface area contributed by atoms with Crippen LogP contribution in [-0.2, 0) is 4.79 Å². The summed E-state index contributed by atoms with van der Waals surface area (Å²) in [7, 11) is 0. The summed E-state index contributed by atoms with van der Waals surface area (Å²) in [5, 5.41) is 8.79. The van der Waals surface area contributed by atoms with E-state index in [0.717, 1.165) is 0 Å². The molecule has 0 bridgehead atoms. The predicted octanol–water partition coefficient (Wildman–Crippen LogP) is 0.251. The van der Waals surface area contributed by atoms with E-state index < -0.39 is 11.9 Å². The van der Waals surface area contributed by atoms with Gasteiger partial charge < -0.3 is 16.6 Å². The lowest BCUT2D eigenvalue weighted by atomic mass is 10.1. The van der Waals surface area contributed by atoms with Crippen molar-refractivity contribution < 1.29 is 14.7 Å². The van der Waals surface area contributed by atoms with Crippen molar-refractivity contribution in [3.8, 4) is 0 Å². The Morgan fingerprint density at radius 3 is 2.75 bits per heavy atom. The number of hydrogen-bond donors (Lipinski definition) is 3. The molecular formula is C10H11N3O3. The largest absolute Gasteiger partial charge is 0.478 e. The molecule has 0 aliphatic carbocycles. The first-order valence-corrected chi connectivity index (χ1v) is 4.44. The van der Waals surface area contributed by atoms with Gasteiger partial charge in [-0.15, -0.1) is 0 Å². The molecule has 5 N–H and O–H groups in total. The van der Waals surface area contributed by atoms with Crippen molar-refractivity contribution >= 4 is 23.8 Å². The first-order chi connectivity index (χ1) is 7.50. The predicted molar refractivity (Wildman–Crippen MR) is 58.5 cm³/mol. The number of nitrogens with zero attached hydrogens (tertiary/aromatic N) is 1. The molecule has 0 aromatic carbocycles. The molecule has 16 heavy (non-hydrogen) atoms. The highest BCUT2D eigenvalue weighted by molar-refractivity contribution is 5.93. The average Bonchev–Trinajstić information content (AvgIpc) is 2.19. The van der Waals surface area contributed by atoms with Crippen molar-refractivity contribution in [1.29, 1.82) is 0 Å². The number of amides is 1. The lowest BCUT2D eigenvalue weighted by Gasteiger charge is -2.00. The van der Waals surface area contributed by atoms with Crippen LogP contribution in [0.25, 0.3) is 6.08 Å². The Hall–Kier alpha value is -2.37. The van der Waals surface area contributed by atoms with Gasteiger partial charge in [-0.1, -0.05) is 12.2 Å². The van der Waals surface area contributed by atoms with Crippen molar-refractivity contribution in [2.45, 2.75) is 6.42 Å². The van der Waals surface area contributed by atoms with Gasteiger partial charge in [0.25, 0.3) is 0 Å². The van der Waals surface area contributed by atoms with Crippen molar-refractivity contribution in [2.24, 2.45) is 5.73 Å². The van der Waals surface area contributed by atoms with Crippen LogP contribution in [0.15, 0.2) is 18.3 Å². The van der Waals surface area contributed by atoms with Crippen molar-refractivity contribution in [3.05, 3.63) is 29.5 Å². The third-order valence-electron chi connectivity index (χ3n) is 1.80. The van der Waals surface area contributed by atoms with Gasteiger partial charge in [0.05, 0.1) is 0 Å². The minimum Gasteiger partial charge on any atom is -0.478 e. The normalized spacial score (nSPS) is 10.5. The molecule has 0 aliphatic rings. The lowest BCUT2D eigenvalue weighted by molar-refractivity contribution is -0.117. The highest BCUT2D eigenvalue weighted by atomic mass is 16.4. The minimum atomic E-state index is -1.14. The first-order valence-electron chi connectivity index (χ1n) is 4.44. The van der Waals surface area contributed by atoms with E-state index in [4.69, 9.17) is 16.6 Å². The fraction of sp³-hybridized carbons (Fsp3) is 0.100. The highest BCUT2D eigenvalue weighted by Gasteiger charge is 2.08. The first kappa shape index (κ1) is 11.7. The Bertz CT molecular complexity index is 455. The molecule has 1 amide bonds. The maximum Gasteiger partial charge on any atom is 0.339 e. The third kappa shape index (κ3) is 3.09. The molecule has 0 aliphatic heterocycles. The van der Waals surface area contributed by atoms with E-state index in [-0.39, 0.29) is 17.8 Å². The summed E-state index contributed by atoms with van der Waals surface area (Å²) in [5.41, 5.74) is 10.8. The van der Waals surface area contributed by atoms with E-state index in [1.54, 1.807) is 6.08 Å². The maximum absolute atomic E-state index is 10.7. The minimum absolute atomic E-state index is 0.0421. The molecule has 0 unspecified atom stereocenters. The second-order valence-electron chi connectivity index (χ2n) is 3.08. The number of pyridine rings is 1. The van der Waals surface area contributed by atoms with Gasteiger partial charge in [-0.2, -0.15) is 0 Å². The maximum atomic E-state index is 10.7. The van der Waals surface area contributed by atoms with Crippen LogP contribution in [0.4, 0.5) is 5.82 Å². The number of rotatable bonds is 4. The summed E-state index contributed by atoms with van der Waals surface area (Å²) in [5.74, 6) is -1.65. The number of anilines is 1. The van der Waals surface area contributed by atoms with E-state index in [0.29, 0.717) is 5.56 Å². The number of carboxylic acids is 1. The summed E-state index contributed by atoms with van der Waals surface area (Å²) >= 11 is 0. The van der Waals surface area contributed by atoms with Gasteiger partial charge >= 0.3 is 5.97 Å².